The third kappa shape index (κ3) is 6.76. The summed E-state index contributed by atoms with van der Waals surface area (Å²) in [6.45, 7) is 1.20. The topological polar surface area (TPSA) is 138 Å². The van der Waals surface area contributed by atoms with E-state index in [9.17, 15) is 22.8 Å². The smallest absolute Gasteiger partial charge is 0.345 e. The fraction of sp³-hybridized carbons (Fsp3) is 0.304. The first kappa shape index (κ1) is 28.6. The van der Waals surface area contributed by atoms with Crippen LogP contribution >= 0.6 is 30.8 Å². The van der Waals surface area contributed by atoms with Crippen molar-refractivity contribution in [3.8, 4) is 11.7 Å². The van der Waals surface area contributed by atoms with Crippen LogP contribution in [0.1, 0.15) is 6.42 Å². The average Bonchev–Trinajstić information content (AvgIpc) is 3.25. The molecular formula is C23H26Cl2N5O6PS. The number of ether oxygens (including phenoxy) is 1. The Morgan fingerprint density at radius 3 is 2.55 bits per heavy atom. The SMILES string of the molecule is CN(C)CCOc1ccc(-n2ccc3cc(N(CP(=O)(O)O)S(=O)(=O)C4C=C(Cl)C=C(Cl)C4)ccc32)nn1. The van der Waals surface area contributed by atoms with E-state index in [-0.39, 0.29) is 22.2 Å². The number of hydrogen-bond acceptors (Lipinski definition) is 7. The summed E-state index contributed by atoms with van der Waals surface area (Å²) in [5.74, 6) is 0.898. The number of sulfonamides is 1. The molecule has 15 heteroatoms. The van der Waals surface area contributed by atoms with Crippen LogP contribution < -0.4 is 9.04 Å². The van der Waals surface area contributed by atoms with Crippen molar-refractivity contribution in [1.29, 1.82) is 0 Å². The molecule has 0 amide bonds. The van der Waals surface area contributed by atoms with Crippen molar-refractivity contribution >= 4 is 57.4 Å². The highest BCUT2D eigenvalue weighted by Gasteiger charge is 2.36. The molecular weight excluding hydrogens is 576 g/mol. The maximum Gasteiger partial charge on any atom is 0.345 e. The summed E-state index contributed by atoms with van der Waals surface area (Å²) in [6, 6.07) is 9.84. The lowest BCUT2D eigenvalue weighted by Gasteiger charge is -2.29. The van der Waals surface area contributed by atoms with Crippen LogP contribution in [0, 0.1) is 0 Å². The monoisotopic (exact) mass is 601 g/mol. The largest absolute Gasteiger partial charge is 0.475 e. The Morgan fingerprint density at radius 1 is 1.16 bits per heavy atom. The molecule has 38 heavy (non-hydrogen) atoms. The Labute approximate surface area is 230 Å². The van der Waals surface area contributed by atoms with Gasteiger partial charge in [0, 0.05) is 40.7 Å². The lowest BCUT2D eigenvalue weighted by atomic mass is 10.2. The number of hydrogen-bond donors (Lipinski definition) is 2. The molecule has 1 unspecified atom stereocenters. The molecule has 0 radical (unpaired) electrons. The summed E-state index contributed by atoms with van der Waals surface area (Å²) in [6.07, 6.45) is 3.37. The van der Waals surface area contributed by atoms with Crippen LogP contribution in [-0.2, 0) is 14.6 Å². The highest BCUT2D eigenvalue weighted by Crippen LogP contribution is 2.41. The van der Waals surface area contributed by atoms with Crippen molar-refractivity contribution in [2.75, 3.05) is 37.8 Å². The van der Waals surface area contributed by atoms with Gasteiger partial charge in [0.05, 0.1) is 11.2 Å². The minimum absolute atomic E-state index is 0.0656. The molecule has 4 rings (SSSR count). The highest BCUT2D eigenvalue weighted by atomic mass is 35.5. The van der Waals surface area contributed by atoms with Gasteiger partial charge >= 0.3 is 7.60 Å². The third-order valence-electron chi connectivity index (χ3n) is 5.66. The number of rotatable bonds is 10. The van der Waals surface area contributed by atoms with Gasteiger partial charge in [-0.3, -0.25) is 13.4 Å². The summed E-state index contributed by atoms with van der Waals surface area (Å²) in [4.78, 5) is 21.3. The Bertz CT molecular complexity index is 1540. The van der Waals surface area contributed by atoms with Crippen LogP contribution in [0.5, 0.6) is 5.88 Å². The fourth-order valence-electron chi connectivity index (χ4n) is 3.85. The van der Waals surface area contributed by atoms with Gasteiger partial charge in [0.1, 0.15) is 18.1 Å². The van der Waals surface area contributed by atoms with Crippen LogP contribution in [0.4, 0.5) is 5.69 Å². The first-order valence-electron chi connectivity index (χ1n) is 11.4. The predicted octanol–water partition coefficient (Wildman–Crippen LogP) is 3.65. The van der Waals surface area contributed by atoms with Crippen LogP contribution in [0.25, 0.3) is 16.7 Å². The van der Waals surface area contributed by atoms with E-state index in [2.05, 4.69) is 10.2 Å². The highest BCUT2D eigenvalue weighted by molar-refractivity contribution is 7.93. The average molecular weight is 602 g/mol. The van der Waals surface area contributed by atoms with Gasteiger partial charge in [-0.1, -0.05) is 23.2 Å². The maximum absolute atomic E-state index is 13.5. The lowest BCUT2D eigenvalue weighted by Crippen LogP contribution is -2.39. The van der Waals surface area contributed by atoms with Crippen LogP contribution in [0.15, 0.2) is 64.8 Å². The number of benzene rings is 1. The number of anilines is 1. The maximum atomic E-state index is 13.5. The van der Waals surface area contributed by atoms with E-state index < -0.39 is 29.2 Å². The minimum Gasteiger partial charge on any atom is -0.475 e. The van der Waals surface area contributed by atoms with E-state index in [1.165, 1.54) is 24.3 Å². The summed E-state index contributed by atoms with van der Waals surface area (Å²) in [5.41, 5.74) is 0.772. The molecule has 204 valence electrons. The zero-order valence-electron chi connectivity index (χ0n) is 20.5. The van der Waals surface area contributed by atoms with Crippen LogP contribution in [-0.4, -0.2) is 76.7 Å². The third-order valence-corrected chi connectivity index (χ3v) is 9.02. The molecule has 3 aromatic rings. The minimum atomic E-state index is -4.78. The zero-order valence-corrected chi connectivity index (χ0v) is 23.7. The van der Waals surface area contributed by atoms with Crippen molar-refractivity contribution in [1.82, 2.24) is 19.7 Å². The van der Waals surface area contributed by atoms with Gasteiger partial charge in [-0.25, -0.2) is 8.42 Å². The summed E-state index contributed by atoms with van der Waals surface area (Å²) in [5, 5.41) is 8.12. The van der Waals surface area contributed by atoms with Gasteiger partial charge in [0.15, 0.2) is 5.82 Å². The van der Waals surface area contributed by atoms with Gasteiger partial charge in [-0.15, -0.1) is 10.2 Å². The van der Waals surface area contributed by atoms with E-state index >= 15 is 0 Å². The van der Waals surface area contributed by atoms with E-state index in [1.807, 2.05) is 19.0 Å². The second-order valence-electron chi connectivity index (χ2n) is 8.90. The first-order chi connectivity index (χ1) is 17.8. The van der Waals surface area contributed by atoms with Gasteiger partial charge in [0.25, 0.3) is 0 Å². The standard InChI is InChI=1S/C23H26Cl2N5O6PS/c1-28(2)9-10-36-23-6-5-22(26-27-23)29-8-7-16-11-19(3-4-21(16)29)30(15-37(31,32)33)38(34,35)20-13-17(24)12-18(25)14-20/h3-8,11-13,20H,9-10,14-15H2,1-2H3,(H2,31,32,33). The molecule has 0 saturated carbocycles. The molecule has 0 bridgehead atoms. The van der Waals surface area contributed by atoms with Crippen molar-refractivity contribution in [3.05, 3.63) is 64.8 Å². The second-order valence-corrected chi connectivity index (χ2v) is 13.5. The van der Waals surface area contributed by atoms with E-state index in [1.54, 1.807) is 35.0 Å². The van der Waals surface area contributed by atoms with Crippen molar-refractivity contribution in [2.24, 2.45) is 0 Å². The number of nitrogens with zero attached hydrogens (tertiary/aromatic N) is 5. The van der Waals surface area contributed by atoms with Crippen molar-refractivity contribution in [3.63, 3.8) is 0 Å². The van der Waals surface area contributed by atoms with Crippen LogP contribution in [0.3, 0.4) is 0 Å². The van der Waals surface area contributed by atoms with E-state index in [4.69, 9.17) is 27.9 Å². The summed E-state index contributed by atoms with van der Waals surface area (Å²) < 4.78 is 47.0. The predicted molar refractivity (Wildman–Crippen MR) is 148 cm³/mol. The zero-order chi connectivity index (χ0) is 27.7. The van der Waals surface area contributed by atoms with Crippen molar-refractivity contribution < 1.29 is 27.5 Å². The number of halogens is 2. The van der Waals surface area contributed by atoms with Gasteiger partial charge < -0.3 is 19.4 Å². The fourth-order valence-corrected chi connectivity index (χ4v) is 7.68. The molecule has 2 aromatic heterocycles. The van der Waals surface area contributed by atoms with Gasteiger partial charge in [-0.05, 0) is 56.6 Å². The molecule has 11 nitrogen and oxygen atoms in total. The normalized spacial score (nSPS) is 16.4. The summed E-state index contributed by atoms with van der Waals surface area (Å²) in [7, 11) is -5.20. The van der Waals surface area contributed by atoms with E-state index in [0.717, 1.165) is 6.54 Å². The molecule has 0 fully saturated rings. The quantitative estimate of drug-likeness (QED) is 0.333. The molecule has 0 spiro atoms. The number of fused-ring (bicyclic) bond motifs is 1. The number of aromatic nitrogens is 3. The van der Waals surface area contributed by atoms with Gasteiger partial charge in [0.2, 0.25) is 15.9 Å². The Balaban J connectivity index is 1.65. The molecule has 2 heterocycles. The molecule has 1 aromatic carbocycles. The summed E-state index contributed by atoms with van der Waals surface area (Å²) >= 11 is 12.1. The van der Waals surface area contributed by atoms with E-state index in [0.29, 0.717) is 33.5 Å². The van der Waals surface area contributed by atoms with Crippen molar-refractivity contribution in [2.45, 2.75) is 11.7 Å². The number of likely N-dealkylation sites (N-methyl/N-ethyl adjacent to an activating group) is 1. The Kier molecular flexibility index (Phi) is 8.53. The first-order valence-corrected chi connectivity index (χ1v) is 15.4. The molecule has 0 aliphatic heterocycles. The molecule has 1 aliphatic rings. The lowest BCUT2D eigenvalue weighted by molar-refractivity contribution is 0.251. The Hall–Kier alpha value is -2.44. The molecule has 0 saturated heterocycles. The Morgan fingerprint density at radius 2 is 1.92 bits per heavy atom. The van der Waals surface area contributed by atoms with Gasteiger partial charge in [-0.2, -0.15) is 0 Å². The molecule has 1 aliphatic carbocycles. The molecule has 2 N–H and O–H groups in total. The van der Waals surface area contributed by atoms with Crippen LogP contribution in [0.2, 0.25) is 0 Å². The number of allylic oxidation sites excluding steroid dienone is 3. The molecule has 1 atom stereocenters. The second kappa shape index (κ2) is 11.4.